The molecule has 0 unspecified atom stereocenters. The number of hydrogen-bond donors (Lipinski definition) is 0. The molecule has 0 radical (unpaired) electrons. The first-order chi connectivity index (χ1) is 11.6. The SMILES string of the molecule is Cc1ccc([C@H](C)C(=O)OCOC(=O)C(C)(C)C)cc2c(C)ccc1-2. The molecule has 0 aromatic rings. The predicted molar refractivity (Wildman–Crippen MR) is 97.5 cm³/mol. The van der Waals surface area contributed by atoms with Gasteiger partial charge in [0.15, 0.2) is 0 Å². The number of fused-ring (bicyclic) bond motifs is 1. The third-order valence-corrected chi connectivity index (χ3v) is 4.33. The number of esters is 2. The van der Waals surface area contributed by atoms with Gasteiger partial charge in [-0.05, 0) is 69.4 Å². The minimum Gasteiger partial charge on any atom is -0.427 e. The molecule has 0 spiro atoms. The summed E-state index contributed by atoms with van der Waals surface area (Å²) in [5, 5.41) is 0. The Hall–Kier alpha value is -2.36. The molecule has 2 rings (SSSR count). The Morgan fingerprint density at radius 3 is 2.20 bits per heavy atom. The van der Waals surface area contributed by atoms with Crippen LogP contribution in [-0.4, -0.2) is 18.7 Å². The van der Waals surface area contributed by atoms with E-state index in [1.807, 2.05) is 18.2 Å². The topological polar surface area (TPSA) is 52.6 Å². The Kier molecular flexibility index (Phi) is 5.51. The van der Waals surface area contributed by atoms with Gasteiger partial charge in [0.05, 0.1) is 11.3 Å². The van der Waals surface area contributed by atoms with Crippen molar-refractivity contribution in [3.8, 4) is 11.1 Å². The lowest BCUT2D eigenvalue weighted by Crippen LogP contribution is -2.25. The average molecular weight is 342 g/mol. The fourth-order valence-corrected chi connectivity index (χ4v) is 2.55. The molecule has 0 saturated carbocycles. The highest BCUT2D eigenvalue weighted by molar-refractivity contribution is 5.80. The quantitative estimate of drug-likeness (QED) is 0.602. The number of hydrogen-bond acceptors (Lipinski definition) is 4. The van der Waals surface area contributed by atoms with E-state index in [-0.39, 0.29) is 6.79 Å². The van der Waals surface area contributed by atoms with Gasteiger partial charge in [0.2, 0.25) is 6.79 Å². The molecule has 0 bridgehead atoms. The Morgan fingerprint density at radius 1 is 0.960 bits per heavy atom. The summed E-state index contributed by atoms with van der Waals surface area (Å²) in [5.41, 5.74) is 4.91. The summed E-state index contributed by atoms with van der Waals surface area (Å²) in [6.07, 6.45) is 0. The molecular formula is C21H26O4. The van der Waals surface area contributed by atoms with Crippen LogP contribution in [0.25, 0.3) is 11.1 Å². The molecule has 2 aliphatic carbocycles. The number of ether oxygens (including phenoxy) is 2. The van der Waals surface area contributed by atoms with E-state index in [4.69, 9.17) is 9.47 Å². The highest BCUT2D eigenvalue weighted by Gasteiger charge is 2.24. The molecular weight excluding hydrogens is 316 g/mol. The molecule has 134 valence electrons. The summed E-state index contributed by atoms with van der Waals surface area (Å²) in [5.74, 6) is -1.26. The van der Waals surface area contributed by atoms with E-state index in [9.17, 15) is 9.59 Å². The summed E-state index contributed by atoms with van der Waals surface area (Å²) >= 11 is 0. The van der Waals surface area contributed by atoms with Gasteiger partial charge in [0.1, 0.15) is 0 Å². The van der Waals surface area contributed by atoms with Gasteiger partial charge in [0.25, 0.3) is 0 Å². The number of carbonyl (C=O) groups is 2. The molecule has 0 fully saturated rings. The molecule has 25 heavy (non-hydrogen) atoms. The van der Waals surface area contributed by atoms with Gasteiger partial charge in [-0.1, -0.05) is 30.3 Å². The summed E-state index contributed by atoms with van der Waals surface area (Å²) in [7, 11) is 0. The summed E-state index contributed by atoms with van der Waals surface area (Å²) < 4.78 is 10.1. The van der Waals surface area contributed by atoms with E-state index >= 15 is 0 Å². The van der Waals surface area contributed by atoms with Crippen LogP contribution in [0.3, 0.4) is 0 Å². The summed E-state index contributed by atoms with van der Waals surface area (Å²) in [4.78, 5) is 24.0. The number of rotatable bonds is 4. The molecule has 2 aliphatic rings. The van der Waals surface area contributed by atoms with E-state index in [1.54, 1.807) is 27.7 Å². The lowest BCUT2D eigenvalue weighted by Gasteiger charge is -2.17. The smallest absolute Gasteiger partial charge is 0.316 e. The Morgan fingerprint density at radius 2 is 1.56 bits per heavy atom. The summed E-state index contributed by atoms with van der Waals surface area (Å²) in [6, 6.07) is 10.2. The van der Waals surface area contributed by atoms with Crippen molar-refractivity contribution < 1.29 is 19.1 Å². The fraction of sp³-hybridized carbons (Fsp3) is 0.429. The third-order valence-electron chi connectivity index (χ3n) is 4.33. The monoisotopic (exact) mass is 342 g/mol. The molecule has 4 nitrogen and oxygen atoms in total. The van der Waals surface area contributed by atoms with E-state index < -0.39 is 23.3 Å². The van der Waals surface area contributed by atoms with Crippen LogP contribution in [0.5, 0.6) is 0 Å². The minimum absolute atomic E-state index is 0.359. The number of aryl methyl sites for hydroxylation is 2. The summed E-state index contributed by atoms with van der Waals surface area (Å²) in [6.45, 7) is 10.8. The predicted octanol–water partition coefficient (Wildman–Crippen LogP) is 4.60. The molecule has 0 N–H and O–H groups in total. The zero-order valence-corrected chi connectivity index (χ0v) is 15.8. The van der Waals surface area contributed by atoms with Crippen molar-refractivity contribution in [2.75, 3.05) is 6.79 Å². The second kappa shape index (κ2) is 7.26. The molecule has 0 heterocycles. The van der Waals surface area contributed by atoms with E-state index in [2.05, 4.69) is 26.0 Å². The van der Waals surface area contributed by atoms with Gasteiger partial charge in [-0.25, -0.2) is 0 Å². The number of carbonyl (C=O) groups excluding carboxylic acids is 2. The van der Waals surface area contributed by atoms with Crippen molar-refractivity contribution in [1.29, 1.82) is 0 Å². The minimum atomic E-state index is -0.621. The van der Waals surface area contributed by atoms with Crippen LogP contribution in [0.15, 0.2) is 30.3 Å². The second-order valence-electron chi connectivity index (χ2n) is 7.49. The van der Waals surface area contributed by atoms with Gasteiger partial charge >= 0.3 is 11.9 Å². The molecule has 0 amide bonds. The van der Waals surface area contributed by atoms with Crippen molar-refractivity contribution in [2.45, 2.75) is 47.5 Å². The highest BCUT2D eigenvalue weighted by Crippen LogP contribution is 2.32. The van der Waals surface area contributed by atoms with Crippen LogP contribution in [0, 0.1) is 19.3 Å². The Bertz CT molecular complexity index is 755. The highest BCUT2D eigenvalue weighted by atomic mass is 16.7. The lowest BCUT2D eigenvalue weighted by atomic mass is 9.98. The molecule has 4 heteroatoms. The van der Waals surface area contributed by atoms with Crippen LogP contribution < -0.4 is 0 Å². The van der Waals surface area contributed by atoms with Crippen LogP contribution in [0.2, 0.25) is 0 Å². The standard InChI is InChI=1S/C21H26O4/c1-13-7-9-16(11-18-14(2)8-10-17(13)18)15(3)19(22)24-12-25-20(23)21(4,5)6/h7-11,15H,12H2,1-6H3/t15-/m0/s1. The van der Waals surface area contributed by atoms with Crippen LogP contribution in [0.1, 0.15) is 50.3 Å². The average Bonchev–Trinajstić information content (AvgIpc) is 2.80. The normalized spacial score (nSPS) is 12.7. The van der Waals surface area contributed by atoms with Crippen LogP contribution in [-0.2, 0) is 19.1 Å². The first-order valence-corrected chi connectivity index (χ1v) is 8.45. The van der Waals surface area contributed by atoms with Gasteiger partial charge in [-0.2, -0.15) is 0 Å². The molecule has 0 aliphatic heterocycles. The first-order valence-electron chi connectivity index (χ1n) is 8.45. The zero-order chi connectivity index (χ0) is 18.8. The molecule has 0 aromatic heterocycles. The Balaban J connectivity index is 2.09. The lowest BCUT2D eigenvalue weighted by molar-refractivity contribution is -0.173. The molecule has 0 saturated heterocycles. The zero-order valence-electron chi connectivity index (χ0n) is 15.8. The fourth-order valence-electron chi connectivity index (χ4n) is 2.55. The molecule has 0 aromatic carbocycles. The first kappa shape index (κ1) is 19.0. The Labute approximate surface area is 149 Å². The van der Waals surface area contributed by atoms with E-state index in [0.29, 0.717) is 0 Å². The van der Waals surface area contributed by atoms with Crippen molar-refractivity contribution in [3.63, 3.8) is 0 Å². The van der Waals surface area contributed by atoms with Crippen molar-refractivity contribution in [1.82, 2.24) is 0 Å². The van der Waals surface area contributed by atoms with Crippen molar-refractivity contribution in [3.05, 3.63) is 47.0 Å². The van der Waals surface area contributed by atoms with Crippen molar-refractivity contribution >= 4 is 11.9 Å². The van der Waals surface area contributed by atoms with Gasteiger partial charge in [-0.3, -0.25) is 9.59 Å². The third kappa shape index (κ3) is 4.38. The van der Waals surface area contributed by atoms with E-state index in [1.165, 1.54) is 11.1 Å². The van der Waals surface area contributed by atoms with Crippen LogP contribution >= 0.6 is 0 Å². The van der Waals surface area contributed by atoms with E-state index in [0.717, 1.165) is 16.7 Å². The largest absolute Gasteiger partial charge is 0.427 e. The van der Waals surface area contributed by atoms with Gasteiger partial charge in [-0.15, -0.1) is 0 Å². The maximum Gasteiger partial charge on any atom is 0.316 e. The van der Waals surface area contributed by atoms with Crippen LogP contribution in [0.4, 0.5) is 0 Å². The van der Waals surface area contributed by atoms with Crippen molar-refractivity contribution in [2.24, 2.45) is 5.41 Å². The maximum atomic E-state index is 12.3. The second-order valence-corrected chi connectivity index (χ2v) is 7.49. The molecule has 1 atom stereocenters. The maximum absolute atomic E-state index is 12.3. The van der Waals surface area contributed by atoms with Gasteiger partial charge in [0, 0.05) is 0 Å². The van der Waals surface area contributed by atoms with Gasteiger partial charge < -0.3 is 9.47 Å².